The molecule has 0 aliphatic rings. The lowest BCUT2D eigenvalue weighted by atomic mass is 10.0. The van der Waals surface area contributed by atoms with Gasteiger partial charge < -0.3 is 14.6 Å². The van der Waals surface area contributed by atoms with E-state index in [1.165, 1.54) is 0 Å². The quantitative estimate of drug-likeness (QED) is 0.230. The number of esters is 1. The maximum atomic E-state index is 11.8. The third-order valence-electron chi connectivity index (χ3n) is 4.02. The van der Waals surface area contributed by atoms with Crippen molar-refractivity contribution in [3.63, 3.8) is 0 Å². The maximum Gasteiger partial charge on any atom is 0.308 e. The van der Waals surface area contributed by atoms with Crippen LogP contribution >= 0.6 is 11.6 Å². The Morgan fingerprint density at radius 1 is 1.30 bits per heavy atom. The highest BCUT2D eigenvalue weighted by Crippen LogP contribution is 2.12. The Labute approximate surface area is 169 Å². The molecule has 1 N–H and O–H groups in total. The topological polar surface area (TPSA) is 55.8 Å². The molecule has 0 saturated carbocycles. The normalized spacial score (nSPS) is 15.0. The van der Waals surface area contributed by atoms with E-state index < -0.39 is 12.1 Å². The third kappa shape index (κ3) is 15.4. The molecule has 0 aliphatic carbocycles. The first kappa shape index (κ1) is 25.6. The number of hydrogen-bond donors (Lipinski definition) is 1. The molecule has 154 valence electrons. The molecule has 0 rings (SSSR count). The molecule has 0 radical (unpaired) electrons. The largest absolute Gasteiger partial charge is 0.466 e. The van der Waals surface area contributed by atoms with Gasteiger partial charge in [-0.2, -0.15) is 0 Å². The molecule has 5 heteroatoms. The average Bonchev–Trinajstić information content (AvgIpc) is 2.64. The van der Waals surface area contributed by atoms with Crippen molar-refractivity contribution in [2.24, 2.45) is 5.92 Å². The summed E-state index contributed by atoms with van der Waals surface area (Å²) in [6, 6.07) is 0. The van der Waals surface area contributed by atoms with Crippen LogP contribution in [0.2, 0.25) is 0 Å². The number of rotatable bonds is 15. The van der Waals surface area contributed by atoms with Gasteiger partial charge in [0.15, 0.2) is 0 Å². The van der Waals surface area contributed by atoms with E-state index in [1.807, 2.05) is 44.2 Å². The van der Waals surface area contributed by atoms with E-state index in [-0.39, 0.29) is 13.0 Å². The van der Waals surface area contributed by atoms with Gasteiger partial charge in [-0.15, -0.1) is 6.58 Å². The molecule has 0 bridgehead atoms. The second kappa shape index (κ2) is 16.8. The molecule has 0 amide bonds. The van der Waals surface area contributed by atoms with E-state index >= 15 is 0 Å². The number of ether oxygens (including phenoxy) is 2. The fraction of sp³-hybridized carbons (Fsp3) is 0.591. The molecular formula is C22H35ClO4. The Hall–Kier alpha value is -1.36. The molecule has 0 fully saturated rings. The molecule has 0 aromatic carbocycles. The van der Waals surface area contributed by atoms with Crippen LogP contribution in [-0.4, -0.2) is 37.0 Å². The Bertz CT molecular complexity index is 508. The monoisotopic (exact) mass is 398 g/mol. The van der Waals surface area contributed by atoms with E-state index in [0.29, 0.717) is 30.6 Å². The fourth-order valence-electron chi connectivity index (χ4n) is 2.11. The van der Waals surface area contributed by atoms with E-state index in [4.69, 9.17) is 21.1 Å². The summed E-state index contributed by atoms with van der Waals surface area (Å²) in [7, 11) is 0. The van der Waals surface area contributed by atoms with Crippen molar-refractivity contribution in [3.05, 3.63) is 47.6 Å². The zero-order valence-electron chi connectivity index (χ0n) is 17.0. The van der Waals surface area contributed by atoms with Gasteiger partial charge in [-0.1, -0.05) is 48.9 Å². The van der Waals surface area contributed by atoms with Gasteiger partial charge in [0.1, 0.15) is 0 Å². The van der Waals surface area contributed by atoms with Crippen LogP contribution < -0.4 is 0 Å². The van der Waals surface area contributed by atoms with Crippen LogP contribution in [0.3, 0.4) is 0 Å². The molecule has 0 saturated heterocycles. The van der Waals surface area contributed by atoms with Crippen LogP contribution in [0.5, 0.6) is 0 Å². The summed E-state index contributed by atoms with van der Waals surface area (Å²) in [6.07, 6.45) is 12.1. The van der Waals surface area contributed by atoms with Gasteiger partial charge >= 0.3 is 5.97 Å². The molecule has 0 spiro atoms. The molecule has 0 aromatic rings. The first-order chi connectivity index (χ1) is 12.9. The highest BCUT2D eigenvalue weighted by molar-refractivity contribution is 6.29. The molecule has 0 aromatic heterocycles. The first-order valence-electron chi connectivity index (χ1n) is 9.57. The van der Waals surface area contributed by atoms with Crippen LogP contribution in [0.1, 0.15) is 52.9 Å². The number of allylic oxidation sites excluding steroid dienone is 5. The lowest BCUT2D eigenvalue weighted by molar-refractivity contribution is -0.145. The third-order valence-corrected chi connectivity index (χ3v) is 4.29. The number of carbonyl (C=O) groups excluding carboxylic acids is 1. The van der Waals surface area contributed by atoms with Gasteiger partial charge in [0.05, 0.1) is 32.3 Å². The Morgan fingerprint density at radius 2 is 2.04 bits per heavy atom. The van der Waals surface area contributed by atoms with Crippen molar-refractivity contribution in [3.8, 4) is 0 Å². The molecule has 2 atom stereocenters. The van der Waals surface area contributed by atoms with Crippen molar-refractivity contribution in [1.82, 2.24) is 0 Å². The van der Waals surface area contributed by atoms with Gasteiger partial charge in [0, 0.05) is 11.5 Å². The fourth-order valence-corrected chi connectivity index (χ4v) is 2.28. The highest BCUT2D eigenvalue weighted by Gasteiger charge is 2.13. The minimum Gasteiger partial charge on any atom is -0.466 e. The summed E-state index contributed by atoms with van der Waals surface area (Å²) < 4.78 is 10.6. The standard InChI is InChI=1S/C22H35ClO4/c1-5-7-8-13-20(23)17-26-14-10-15-27-22(25)16-21(24)19(4)12-9-11-18(3)6-2/h5-7,12-13,18,21,24H,2,8-11,14-17H2,1,3-4H3/b7-5-,19-12+,20-13-/t18-,21-/m0/s1. The van der Waals surface area contributed by atoms with Crippen molar-refractivity contribution >= 4 is 17.6 Å². The van der Waals surface area contributed by atoms with Gasteiger partial charge in [0.2, 0.25) is 0 Å². The van der Waals surface area contributed by atoms with E-state index in [1.54, 1.807) is 0 Å². The maximum absolute atomic E-state index is 11.8. The van der Waals surface area contributed by atoms with E-state index in [0.717, 1.165) is 24.8 Å². The first-order valence-corrected chi connectivity index (χ1v) is 9.94. The zero-order chi connectivity index (χ0) is 20.5. The average molecular weight is 399 g/mol. The minimum absolute atomic E-state index is 0.0281. The summed E-state index contributed by atoms with van der Waals surface area (Å²) in [6.45, 7) is 10.7. The van der Waals surface area contributed by atoms with Crippen molar-refractivity contribution < 1.29 is 19.4 Å². The van der Waals surface area contributed by atoms with Gasteiger partial charge in [0.25, 0.3) is 0 Å². The predicted octanol–water partition coefficient (Wildman–Crippen LogP) is 5.32. The molecule has 4 nitrogen and oxygen atoms in total. The van der Waals surface area contributed by atoms with E-state index in [9.17, 15) is 9.90 Å². The Morgan fingerprint density at radius 3 is 2.70 bits per heavy atom. The molecule has 0 unspecified atom stereocenters. The summed E-state index contributed by atoms with van der Waals surface area (Å²) in [5.41, 5.74) is 0.797. The minimum atomic E-state index is -0.797. The Balaban J connectivity index is 3.85. The summed E-state index contributed by atoms with van der Waals surface area (Å²) in [5.74, 6) is 0.0379. The predicted molar refractivity (Wildman–Crippen MR) is 113 cm³/mol. The SMILES string of the molecule is C=C[C@H](C)CC/C=C(\C)[C@@H](O)CC(=O)OCCCOC/C(Cl)=C/C/C=C\C. The summed E-state index contributed by atoms with van der Waals surface area (Å²) in [4.78, 5) is 11.8. The number of aliphatic hydroxyl groups is 1. The lowest BCUT2D eigenvalue weighted by Gasteiger charge is -2.12. The van der Waals surface area contributed by atoms with Crippen molar-refractivity contribution in [1.29, 1.82) is 0 Å². The summed E-state index contributed by atoms with van der Waals surface area (Å²) in [5, 5.41) is 10.7. The second-order valence-electron chi connectivity index (χ2n) is 6.54. The van der Waals surface area contributed by atoms with E-state index in [2.05, 4.69) is 13.5 Å². The van der Waals surface area contributed by atoms with Gasteiger partial charge in [-0.05, 0) is 44.6 Å². The second-order valence-corrected chi connectivity index (χ2v) is 7.03. The highest BCUT2D eigenvalue weighted by atomic mass is 35.5. The molecule has 27 heavy (non-hydrogen) atoms. The van der Waals surface area contributed by atoms with Crippen LogP contribution in [0.4, 0.5) is 0 Å². The lowest BCUT2D eigenvalue weighted by Crippen LogP contribution is -2.17. The molecule has 0 aliphatic heterocycles. The smallest absolute Gasteiger partial charge is 0.308 e. The van der Waals surface area contributed by atoms with Crippen LogP contribution in [0.15, 0.2) is 47.6 Å². The van der Waals surface area contributed by atoms with Gasteiger partial charge in [-0.3, -0.25) is 4.79 Å². The van der Waals surface area contributed by atoms with Crippen LogP contribution in [0.25, 0.3) is 0 Å². The number of carbonyl (C=O) groups is 1. The van der Waals surface area contributed by atoms with Crippen LogP contribution in [-0.2, 0) is 14.3 Å². The van der Waals surface area contributed by atoms with Gasteiger partial charge in [-0.25, -0.2) is 0 Å². The molecular weight excluding hydrogens is 364 g/mol. The van der Waals surface area contributed by atoms with Crippen LogP contribution in [0, 0.1) is 5.92 Å². The van der Waals surface area contributed by atoms with Crippen molar-refractivity contribution in [2.45, 2.75) is 59.0 Å². The molecule has 0 heterocycles. The number of halogens is 1. The Kier molecular flexibility index (Phi) is 15.9. The van der Waals surface area contributed by atoms with Crippen molar-refractivity contribution in [2.75, 3.05) is 19.8 Å². The zero-order valence-corrected chi connectivity index (χ0v) is 17.7. The number of aliphatic hydroxyl groups excluding tert-OH is 1. The number of hydrogen-bond acceptors (Lipinski definition) is 4. The summed E-state index contributed by atoms with van der Waals surface area (Å²) >= 11 is 6.01.